The molecule has 1 unspecified atom stereocenters. The van der Waals surface area contributed by atoms with E-state index in [0.717, 1.165) is 16.4 Å². The minimum absolute atomic E-state index is 0.126. The van der Waals surface area contributed by atoms with Crippen molar-refractivity contribution >= 4 is 17.4 Å². The number of fused-ring (bicyclic) bond motifs is 1. The van der Waals surface area contributed by atoms with Crippen molar-refractivity contribution in [1.82, 2.24) is 19.6 Å². The minimum Gasteiger partial charge on any atom is -0.329 e. The number of nitrogens with zero attached hydrogens (tertiary/aromatic N) is 4. The van der Waals surface area contributed by atoms with Crippen LogP contribution >= 0.6 is 11.8 Å². The van der Waals surface area contributed by atoms with Gasteiger partial charge < -0.3 is 5.73 Å². The molecule has 19 heavy (non-hydrogen) atoms. The summed E-state index contributed by atoms with van der Waals surface area (Å²) >= 11 is 1.60. The monoisotopic (exact) mass is 271 g/mol. The zero-order chi connectivity index (χ0) is 13.1. The highest BCUT2D eigenvalue weighted by atomic mass is 32.2. The van der Waals surface area contributed by atoms with Gasteiger partial charge in [0.1, 0.15) is 0 Å². The molecule has 0 radical (unpaired) electrons. The Morgan fingerprint density at radius 2 is 2.16 bits per heavy atom. The summed E-state index contributed by atoms with van der Waals surface area (Å²) in [5.74, 6) is 0. The summed E-state index contributed by atoms with van der Waals surface area (Å²) in [5.41, 5.74) is 7.80. The Balaban J connectivity index is 1.91. The lowest BCUT2D eigenvalue weighted by molar-refractivity contribution is 0.884. The fourth-order valence-electron chi connectivity index (χ4n) is 1.85. The summed E-state index contributed by atoms with van der Waals surface area (Å²) in [5, 5.41) is 9.31. The molecule has 0 aromatic carbocycles. The SMILES string of the molecule is NCC(Sc1nnc2ccccn12)c1cccnc1. The van der Waals surface area contributed by atoms with Crippen LogP contribution < -0.4 is 5.73 Å². The fourth-order valence-corrected chi connectivity index (χ4v) is 2.83. The molecule has 0 saturated carbocycles. The van der Waals surface area contributed by atoms with Crippen LogP contribution in [-0.2, 0) is 0 Å². The summed E-state index contributed by atoms with van der Waals surface area (Å²) in [7, 11) is 0. The third-order valence-corrected chi connectivity index (χ3v) is 4.04. The maximum atomic E-state index is 5.86. The molecule has 0 spiro atoms. The van der Waals surface area contributed by atoms with Crippen LogP contribution in [0.15, 0.2) is 54.1 Å². The van der Waals surface area contributed by atoms with Gasteiger partial charge in [-0.15, -0.1) is 10.2 Å². The molecule has 2 N–H and O–H groups in total. The van der Waals surface area contributed by atoms with E-state index >= 15 is 0 Å². The summed E-state index contributed by atoms with van der Waals surface area (Å²) in [6, 6.07) is 9.78. The molecule has 3 aromatic heterocycles. The van der Waals surface area contributed by atoms with E-state index in [-0.39, 0.29) is 5.25 Å². The Morgan fingerprint density at radius 3 is 2.95 bits per heavy atom. The molecule has 5 nitrogen and oxygen atoms in total. The van der Waals surface area contributed by atoms with E-state index in [9.17, 15) is 0 Å². The molecule has 3 rings (SSSR count). The van der Waals surface area contributed by atoms with Crippen molar-refractivity contribution in [3.8, 4) is 0 Å². The first-order chi connectivity index (χ1) is 9.38. The van der Waals surface area contributed by atoms with Crippen molar-refractivity contribution in [2.45, 2.75) is 10.4 Å². The van der Waals surface area contributed by atoms with Crippen LogP contribution in [0.2, 0.25) is 0 Å². The first-order valence-corrected chi connectivity index (χ1v) is 6.83. The molecule has 0 aliphatic heterocycles. The van der Waals surface area contributed by atoms with E-state index in [2.05, 4.69) is 15.2 Å². The van der Waals surface area contributed by atoms with Gasteiger partial charge in [0.05, 0.1) is 5.25 Å². The Kier molecular flexibility index (Phi) is 3.43. The maximum absolute atomic E-state index is 5.86. The average molecular weight is 271 g/mol. The second-order valence-electron chi connectivity index (χ2n) is 4.04. The van der Waals surface area contributed by atoms with Crippen molar-refractivity contribution in [2.75, 3.05) is 6.54 Å². The highest BCUT2D eigenvalue weighted by Crippen LogP contribution is 2.32. The second kappa shape index (κ2) is 5.38. The van der Waals surface area contributed by atoms with Crippen molar-refractivity contribution in [1.29, 1.82) is 0 Å². The van der Waals surface area contributed by atoms with Crippen molar-refractivity contribution in [2.24, 2.45) is 5.73 Å². The minimum atomic E-state index is 0.126. The number of nitrogens with two attached hydrogens (primary N) is 1. The van der Waals surface area contributed by atoms with Gasteiger partial charge in [-0.1, -0.05) is 23.9 Å². The van der Waals surface area contributed by atoms with Gasteiger partial charge in [0.15, 0.2) is 10.8 Å². The number of hydrogen-bond donors (Lipinski definition) is 1. The van der Waals surface area contributed by atoms with Crippen molar-refractivity contribution in [3.05, 3.63) is 54.5 Å². The molecule has 1 atom stereocenters. The summed E-state index contributed by atoms with van der Waals surface area (Å²) < 4.78 is 1.96. The largest absolute Gasteiger partial charge is 0.329 e. The standard InChI is InChI=1S/C13H13N5S/c14-8-11(10-4-3-6-15-9-10)19-13-17-16-12-5-1-2-7-18(12)13/h1-7,9,11H,8,14H2. The van der Waals surface area contributed by atoms with Crippen LogP contribution in [0.4, 0.5) is 0 Å². The Morgan fingerprint density at radius 1 is 1.21 bits per heavy atom. The normalized spacial score (nSPS) is 12.7. The molecule has 0 aliphatic carbocycles. The van der Waals surface area contributed by atoms with E-state index < -0.39 is 0 Å². The molecule has 3 aromatic rings. The van der Waals surface area contributed by atoms with Gasteiger partial charge >= 0.3 is 0 Å². The van der Waals surface area contributed by atoms with Crippen LogP contribution in [0.1, 0.15) is 10.8 Å². The number of pyridine rings is 2. The molecule has 0 bridgehead atoms. The van der Waals surface area contributed by atoms with Crippen molar-refractivity contribution < 1.29 is 0 Å². The van der Waals surface area contributed by atoms with Crippen LogP contribution in [0.25, 0.3) is 5.65 Å². The molecule has 0 fully saturated rings. The summed E-state index contributed by atoms with van der Waals surface area (Å²) in [4.78, 5) is 4.13. The lowest BCUT2D eigenvalue weighted by Gasteiger charge is -2.12. The summed E-state index contributed by atoms with van der Waals surface area (Å²) in [6.45, 7) is 0.526. The van der Waals surface area contributed by atoms with Gasteiger partial charge in [-0.2, -0.15) is 0 Å². The highest BCUT2D eigenvalue weighted by Gasteiger charge is 2.15. The van der Waals surface area contributed by atoms with E-state index in [1.807, 2.05) is 47.1 Å². The third-order valence-electron chi connectivity index (χ3n) is 2.80. The van der Waals surface area contributed by atoms with E-state index in [1.54, 1.807) is 18.0 Å². The molecular weight excluding hydrogens is 258 g/mol. The first-order valence-electron chi connectivity index (χ1n) is 5.95. The number of rotatable bonds is 4. The molecule has 96 valence electrons. The second-order valence-corrected chi connectivity index (χ2v) is 5.21. The van der Waals surface area contributed by atoms with Gasteiger partial charge in [0, 0.05) is 25.1 Å². The topological polar surface area (TPSA) is 69.1 Å². The Labute approximate surface area is 114 Å². The highest BCUT2D eigenvalue weighted by molar-refractivity contribution is 7.99. The fraction of sp³-hybridized carbons (Fsp3) is 0.154. The van der Waals surface area contributed by atoms with Crippen LogP contribution in [-0.4, -0.2) is 26.1 Å². The first kappa shape index (κ1) is 12.1. The lowest BCUT2D eigenvalue weighted by atomic mass is 10.2. The van der Waals surface area contributed by atoms with Crippen LogP contribution in [0.3, 0.4) is 0 Å². The Bertz CT molecular complexity index is 667. The Hall–Kier alpha value is -1.92. The molecule has 0 saturated heterocycles. The molecule has 3 heterocycles. The van der Waals surface area contributed by atoms with Gasteiger partial charge in [-0.25, -0.2) is 0 Å². The number of thioether (sulfide) groups is 1. The van der Waals surface area contributed by atoms with Gasteiger partial charge in [0.2, 0.25) is 0 Å². The van der Waals surface area contributed by atoms with Crippen molar-refractivity contribution in [3.63, 3.8) is 0 Å². The van der Waals surface area contributed by atoms with Crippen LogP contribution in [0, 0.1) is 0 Å². The quantitative estimate of drug-likeness (QED) is 0.734. The van der Waals surface area contributed by atoms with Gasteiger partial charge in [-0.05, 0) is 23.8 Å². The molecule has 6 heteroatoms. The van der Waals surface area contributed by atoms with Gasteiger partial charge in [0.25, 0.3) is 0 Å². The predicted molar refractivity (Wildman–Crippen MR) is 74.9 cm³/mol. The van der Waals surface area contributed by atoms with E-state index in [1.165, 1.54) is 0 Å². The van der Waals surface area contributed by atoms with Gasteiger partial charge in [-0.3, -0.25) is 9.38 Å². The number of aromatic nitrogens is 4. The smallest absolute Gasteiger partial charge is 0.196 e. The molecular formula is C13H13N5S. The number of hydrogen-bond acceptors (Lipinski definition) is 5. The third kappa shape index (κ3) is 2.45. The average Bonchev–Trinajstić information content (AvgIpc) is 2.89. The lowest BCUT2D eigenvalue weighted by Crippen LogP contribution is -2.10. The predicted octanol–water partition coefficient (Wildman–Crippen LogP) is 1.92. The summed E-state index contributed by atoms with van der Waals surface area (Å²) in [6.07, 6.45) is 5.55. The van der Waals surface area contributed by atoms with Crippen LogP contribution in [0.5, 0.6) is 0 Å². The van der Waals surface area contributed by atoms with E-state index in [4.69, 9.17) is 5.73 Å². The zero-order valence-corrected chi connectivity index (χ0v) is 11.0. The molecule has 0 amide bonds. The molecule has 0 aliphatic rings. The van der Waals surface area contributed by atoms with E-state index in [0.29, 0.717) is 6.54 Å². The zero-order valence-electron chi connectivity index (χ0n) is 10.2. The maximum Gasteiger partial charge on any atom is 0.196 e.